The fourth-order valence-electron chi connectivity index (χ4n) is 3.69. The minimum Gasteiger partial charge on any atom is -0.497 e. The normalized spacial score (nSPS) is 16.0. The summed E-state index contributed by atoms with van der Waals surface area (Å²) in [7, 11) is 1.60. The molecule has 0 saturated heterocycles. The van der Waals surface area contributed by atoms with Crippen molar-refractivity contribution < 1.29 is 14.3 Å². The largest absolute Gasteiger partial charge is 0.497 e. The molecular weight excluding hydrogens is 424 g/mol. The predicted octanol–water partition coefficient (Wildman–Crippen LogP) is 3.20. The van der Waals surface area contributed by atoms with E-state index in [1.807, 2.05) is 60.7 Å². The van der Waals surface area contributed by atoms with Crippen LogP contribution in [0.2, 0.25) is 0 Å². The second-order valence-corrected chi connectivity index (χ2v) is 8.73. The first kappa shape index (κ1) is 21.8. The minimum absolute atomic E-state index is 0.201. The van der Waals surface area contributed by atoms with E-state index in [4.69, 9.17) is 9.47 Å². The molecule has 6 nitrogen and oxygen atoms in total. The molecular formula is C25H24N2O4S. The molecule has 0 fully saturated rings. The second kappa shape index (κ2) is 8.96. The van der Waals surface area contributed by atoms with Gasteiger partial charge in [-0.15, -0.1) is 0 Å². The Morgan fingerprint density at radius 3 is 2.59 bits per heavy atom. The van der Waals surface area contributed by atoms with Gasteiger partial charge in [0.15, 0.2) is 4.80 Å². The number of thiazole rings is 1. The van der Waals surface area contributed by atoms with E-state index in [-0.39, 0.29) is 11.7 Å². The molecule has 32 heavy (non-hydrogen) atoms. The molecule has 0 aliphatic carbocycles. The van der Waals surface area contributed by atoms with E-state index >= 15 is 0 Å². The molecule has 0 N–H and O–H groups in total. The van der Waals surface area contributed by atoms with Crippen LogP contribution in [0, 0.1) is 0 Å². The van der Waals surface area contributed by atoms with Gasteiger partial charge in [0.25, 0.3) is 5.56 Å². The summed E-state index contributed by atoms with van der Waals surface area (Å²) in [4.78, 5) is 31.7. The molecule has 0 spiro atoms. The first-order valence-electron chi connectivity index (χ1n) is 10.3. The minimum atomic E-state index is -0.605. The van der Waals surface area contributed by atoms with E-state index in [9.17, 15) is 9.59 Å². The van der Waals surface area contributed by atoms with Gasteiger partial charge in [0.05, 0.1) is 35.1 Å². The summed E-state index contributed by atoms with van der Waals surface area (Å²) in [5.41, 5.74) is 2.41. The van der Waals surface area contributed by atoms with Crippen LogP contribution in [-0.4, -0.2) is 23.8 Å². The molecule has 1 unspecified atom stereocenters. The molecule has 3 aromatic rings. The lowest BCUT2D eigenvalue weighted by atomic mass is 9.96. The monoisotopic (exact) mass is 448 g/mol. The molecule has 0 saturated carbocycles. The van der Waals surface area contributed by atoms with Crippen molar-refractivity contribution in [2.24, 2.45) is 4.99 Å². The Labute approximate surface area is 189 Å². The quantitative estimate of drug-likeness (QED) is 0.562. The lowest BCUT2D eigenvalue weighted by Gasteiger charge is -2.25. The number of aromatic nitrogens is 1. The number of fused-ring (bicyclic) bond motifs is 1. The summed E-state index contributed by atoms with van der Waals surface area (Å²) in [6, 6.07) is 16.4. The predicted molar refractivity (Wildman–Crippen MR) is 124 cm³/mol. The molecule has 4 rings (SSSR count). The Hall–Kier alpha value is -3.45. The number of carbonyl (C=O) groups excluding carboxylic acids is 1. The summed E-state index contributed by atoms with van der Waals surface area (Å²) >= 11 is 1.30. The van der Waals surface area contributed by atoms with Crippen molar-refractivity contribution in [1.82, 2.24) is 4.57 Å². The molecule has 2 aromatic carbocycles. The SMILES string of the molecule is COc1cccc(C=c2sc3n(c2=O)C(c2ccccc2)C(C(=O)OC(C)C)=C(C)N=3)c1. The molecule has 1 atom stereocenters. The van der Waals surface area contributed by atoms with Crippen LogP contribution in [0.25, 0.3) is 6.08 Å². The van der Waals surface area contributed by atoms with Gasteiger partial charge in [0.2, 0.25) is 0 Å². The second-order valence-electron chi connectivity index (χ2n) is 7.72. The third-order valence-corrected chi connectivity index (χ3v) is 6.07. The maximum atomic E-state index is 13.5. The molecule has 0 bridgehead atoms. The number of allylic oxidation sites excluding steroid dienone is 1. The molecule has 7 heteroatoms. The smallest absolute Gasteiger partial charge is 0.338 e. The number of benzene rings is 2. The van der Waals surface area contributed by atoms with Crippen LogP contribution in [0.5, 0.6) is 5.75 Å². The summed E-state index contributed by atoms with van der Waals surface area (Å²) in [6.07, 6.45) is 1.54. The third kappa shape index (κ3) is 4.16. The molecule has 164 valence electrons. The maximum Gasteiger partial charge on any atom is 0.338 e. The van der Waals surface area contributed by atoms with E-state index in [0.29, 0.717) is 26.4 Å². The van der Waals surface area contributed by atoms with E-state index in [2.05, 4.69) is 4.99 Å². The van der Waals surface area contributed by atoms with E-state index in [1.165, 1.54) is 11.3 Å². The zero-order valence-corrected chi connectivity index (χ0v) is 19.2. The van der Waals surface area contributed by atoms with Crippen LogP contribution in [0.4, 0.5) is 0 Å². The number of hydrogen-bond donors (Lipinski definition) is 0. The molecule has 2 heterocycles. The van der Waals surface area contributed by atoms with Gasteiger partial charge in [-0.3, -0.25) is 9.36 Å². The summed E-state index contributed by atoms with van der Waals surface area (Å²) in [6.45, 7) is 5.38. The van der Waals surface area contributed by atoms with Gasteiger partial charge in [-0.25, -0.2) is 9.79 Å². The highest BCUT2D eigenvalue weighted by Gasteiger charge is 2.33. The lowest BCUT2D eigenvalue weighted by molar-refractivity contribution is -0.143. The number of hydrogen-bond acceptors (Lipinski definition) is 6. The number of esters is 1. The highest BCUT2D eigenvalue weighted by molar-refractivity contribution is 7.07. The molecule has 1 aliphatic heterocycles. The van der Waals surface area contributed by atoms with E-state index in [0.717, 1.165) is 11.1 Å². The average molecular weight is 449 g/mol. The molecule has 1 aromatic heterocycles. The van der Waals surface area contributed by atoms with Crippen molar-refractivity contribution in [3.63, 3.8) is 0 Å². The first-order chi connectivity index (χ1) is 15.4. The van der Waals surface area contributed by atoms with Gasteiger partial charge in [-0.1, -0.05) is 53.8 Å². The lowest BCUT2D eigenvalue weighted by Crippen LogP contribution is -2.40. The maximum absolute atomic E-state index is 13.5. The van der Waals surface area contributed by atoms with Crippen LogP contribution in [0.3, 0.4) is 0 Å². The van der Waals surface area contributed by atoms with Crippen LogP contribution in [0.15, 0.2) is 75.7 Å². The number of nitrogens with zero attached hydrogens (tertiary/aromatic N) is 2. The molecule has 0 amide bonds. The summed E-state index contributed by atoms with van der Waals surface area (Å²) in [5, 5.41) is 0. The zero-order valence-electron chi connectivity index (χ0n) is 18.4. The summed E-state index contributed by atoms with van der Waals surface area (Å²) in [5.74, 6) is 0.250. The van der Waals surface area contributed by atoms with E-state index in [1.54, 1.807) is 32.4 Å². The Morgan fingerprint density at radius 2 is 1.91 bits per heavy atom. The topological polar surface area (TPSA) is 69.9 Å². The summed E-state index contributed by atoms with van der Waals surface area (Å²) < 4.78 is 12.9. The molecule has 1 aliphatic rings. The van der Waals surface area contributed by atoms with Crippen molar-refractivity contribution >= 4 is 23.4 Å². The van der Waals surface area contributed by atoms with Gasteiger partial charge >= 0.3 is 5.97 Å². The van der Waals surface area contributed by atoms with Crippen LogP contribution < -0.4 is 19.6 Å². The van der Waals surface area contributed by atoms with Crippen LogP contribution in [0.1, 0.15) is 37.9 Å². The number of ether oxygens (including phenoxy) is 2. The Morgan fingerprint density at radius 1 is 1.16 bits per heavy atom. The van der Waals surface area contributed by atoms with Crippen molar-refractivity contribution in [2.45, 2.75) is 32.9 Å². The third-order valence-electron chi connectivity index (χ3n) is 5.09. The van der Waals surface area contributed by atoms with Gasteiger partial charge in [0, 0.05) is 0 Å². The van der Waals surface area contributed by atoms with Gasteiger partial charge < -0.3 is 9.47 Å². The van der Waals surface area contributed by atoms with Gasteiger partial charge in [-0.05, 0) is 50.1 Å². The Balaban J connectivity index is 1.93. The van der Waals surface area contributed by atoms with E-state index < -0.39 is 12.0 Å². The van der Waals surface area contributed by atoms with Crippen molar-refractivity contribution in [1.29, 1.82) is 0 Å². The first-order valence-corrected chi connectivity index (χ1v) is 11.1. The molecule has 0 radical (unpaired) electrons. The van der Waals surface area contributed by atoms with Crippen molar-refractivity contribution in [2.75, 3.05) is 7.11 Å². The van der Waals surface area contributed by atoms with Gasteiger partial charge in [0.1, 0.15) is 5.75 Å². The van der Waals surface area contributed by atoms with Crippen LogP contribution >= 0.6 is 11.3 Å². The highest BCUT2D eigenvalue weighted by Crippen LogP contribution is 2.30. The average Bonchev–Trinajstić information content (AvgIpc) is 3.07. The van der Waals surface area contributed by atoms with Crippen molar-refractivity contribution in [3.05, 3.63) is 96.7 Å². The zero-order chi connectivity index (χ0) is 22.8. The van der Waals surface area contributed by atoms with Gasteiger partial charge in [-0.2, -0.15) is 0 Å². The van der Waals surface area contributed by atoms with Crippen molar-refractivity contribution in [3.8, 4) is 5.75 Å². The number of methoxy groups -OCH3 is 1. The standard InChI is InChI=1S/C25H24N2O4S/c1-15(2)31-24(29)21-16(3)26-25-27(22(21)18-10-6-5-7-11-18)23(28)20(32-25)14-17-9-8-12-19(13-17)30-4/h5-15,22H,1-4H3. The highest BCUT2D eigenvalue weighted by atomic mass is 32.1. The Bertz CT molecular complexity index is 1370. The fourth-order valence-corrected chi connectivity index (χ4v) is 4.74. The number of carbonyl (C=O) groups is 1. The number of rotatable bonds is 5. The Kier molecular flexibility index (Phi) is 6.10. The van der Waals surface area contributed by atoms with Crippen LogP contribution in [-0.2, 0) is 9.53 Å². The fraction of sp³-hybridized carbons (Fsp3) is 0.240.